The van der Waals surface area contributed by atoms with Crippen molar-refractivity contribution in [1.82, 2.24) is 14.3 Å². The second kappa shape index (κ2) is 9.90. The number of alkyl halides is 1. The van der Waals surface area contributed by atoms with E-state index in [1.165, 1.54) is 12.1 Å². The van der Waals surface area contributed by atoms with Gasteiger partial charge in [-0.3, -0.25) is 4.31 Å². The van der Waals surface area contributed by atoms with Crippen LogP contribution in [0.1, 0.15) is 19.0 Å². The van der Waals surface area contributed by atoms with Gasteiger partial charge in [0.25, 0.3) is 10.0 Å². The normalized spacial score (nSPS) is 12.1. The quantitative estimate of drug-likeness (QED) is 0.452. The number of sulfonamides is 1. The lowest BCUT2D eigenvalue weighted by atomic mass is 10.3. The highest BCUT2D eigenvalue weighted by Crippen LogP contribution is 2.21. The van der Waals surface area contributed by atoms with Gasteiger partial charge in [0.1, 0.15) is 12.3 Å². The number of nitrogens with one attached hydrogen (secondary N) is 1. The second-order valence-electron chi connectivity index (χ2n) is 6.33. The Morgan fingerprint density at radius 1 is 1.23 bits per heavy atom. The third-order valence-corrected chi connectivity index (χ3v) is 6.17. The lowest BCUT2D eigenvalue weighted by Gasteiger charge is -2.24. The van der Waals surface area contributed by atoms with Crippen molar-refractivity contribution >= 4 is 21.1 Å². The van der Waals surface area contributed by atoms with E-state index in [-0.39, 0.29) is 11.4 Å². The zero-order chi connectivity index (χ0) is 21.4. The van der Waals surface area contributed by atoms with Crippen LogP contribution in [0.5, 0.6) is 0 Å². The molecule has 0 radical (unpaired) electrons. The highest BCUT2D eigenvalue weighted by molar-refractivity contribution is 7.89. The highest BCUT2D eigenvalue weighted by atomic mass is 32.2. The molecule has 0 aliphatic rings. The number of hydrogen-bond donors (Lipinski definition) is 1. The Morgan fingerprint density at radius 2 is 2.03 bits per heavy atom. The molecule has 0 fully saturated rings. The molecule has 30 heavy (non-hydrogen) atoms. The number of hydrogen-bond acceptors (Lipinski definition) is 3. The molecule has 2 heterocycles. The first kappa shape index (κ1) is 21.3. The summed E-state index contributed by atoms with van der Waals surface area (Å²) < 4.78 is 40.1. The average molecular weight is 424 g/mol. The van der Waals surface area contributed by atoms with Crippen molar-refractivity contribution in [3.63, 3.8) is 0 Å². The average Bonchev–Trinajstić information content (AvgIpc) is 3.18. The molecule has 0 aliphatic heterocycles. The lowest BCUT2D eigenvalue weighted by molar-refractivity contribution is 0.403. The molecule has 0 saturated carbocycles. The van der Waals surface area contributed by atoms with Crippen molar-refractivity contribution in [1.29, 1.82) is 0 Å². The predicted octanol–water partition coefficient (Wildman–Crippen LogP) is 4.42. The van der Waals surface area contributed by atoms with E-state index >= 15 is 0 Å². The molecule has 0 bridgehead atoms. The zero-order valence-corrected chi connectivity index (χ0v) is 17.4. The fourth-order valence-electron chi connectivity index (χ4n) is 2.92. The van der Waals surface area contributed by atoms with Gasteiger partial charge in [-0.2, -0.15) is 0 Å². The number of rotatable bonds is 7. The van der Waals surface area contributed by atoms with Gasteiger partial charge in [-0.25, -0.2) is 17.8 Å². The van der Waals surface area contributed by atoms with Crippen LogP contribution in [0.15, 0.2) is 83.5 Å². The maximum absolute atomic E-state index is 13.1. The summed E-state index contributed by atoms with van der Waals surface area (Å²) in [6, 6.07) is 13.7. The van der Waals surface area contributed by atoms with Gasteiger partial charge in [-0.05, 0) is 49.3 Å². The summed E-state index contributed by atoms with van der Waals surface area (Å²) in [6.45, 7) is 0.676. The fourth-order valence-corrected chi connectivity index (χ4v) is 4.43. The van der Waals surface area contributed by atoms with Crippen LogP contribution in [0.3, 0.4) is 0 Å². The molecule has 5 nitrogen and oxygen atoms in total. The van der Waals surface area contributed by atoms with E-state index in [0.29, 0.717) is 12.1 Å². The summed E-state index contributed by atoms with van der Waals surface area (Å²) in [4.78, 5) is 7.48. The summed E-state index contributed by atoms with van der Waals surface area (Å²) in [5.41, 5.74) is 1.93. The molecule has 2 aromatic heterocycles. The molecular formula is C23H22FN3O2S. The third kappa shape index (κ3) is 4.97. The summed E-state index contributed by atoms with van der Waals surface area (Å²) in [5, 5.41) is 0.988. The predicted molar refractivity (Wildman–Crippen MR) is 117 cm³/mol. The van der Waals surface area contributed by atoms with Crippen molar-refractivity contribution in [2.75, 3.05) is 13.2 Å². The van der Waals surface area contributed by atoms with E-state index in [2.05, 4.69) is 21.8 Å². The summed E-state index contributed by atoms with van der Waals surface area (Å²) in [6.07, 6.45) is 7.18. The molecule has 1 N–H and O–H groups in total. The number of allylic oxidation sites excluding steroid dienone is 3. The van der Waals surface area contributed by atoms with E-state index < -0.39 is 16.7 Å². The standard InChI is InChI=1S/C23H22FN3O2S/c1-2-21(27(17-15-24)30(28,29)22-13-7-4-8-14-22)12-6-3-5-11-20-18-19-10-9-16-25-23(19)26-20/h2,4,6-10,12-14,16,18H,3,15,17H2,1H3,(H,25,26)/b12-6-,21-2+. The topological polar surface area (TPSA) is 66.1 Å². The molecule has 0 aliphatic carbocycles. The van der Waals surface area contributed by atoms with Gasteiger partial charge in [-0.1, -0.05) is 36.3 Å². The van der Waals surface area contributed by atoms with Crippen LogP contribution < -0.4 is 0 Å². The van der Waals surface area contributed by atoms with E-state index in [9.17, 15) is 12.8 Å². The molecule has 154 valence electrons. The first-order chi connectivity index (χ1) is 14.6. The van der Waals surface area contributed by atoms with Crippen LogP contribution in [0, 0.1) is 11.8 Å². The Hall–Kier alpha value is -3.37. The summed E-state index contributed by atoms with van der Waals surface area (Å²) in [5.74, 6) is 6.05. The molecule has 0 unspecified atom stereocenters. The fraction of sp³-hybridized carbons (Fsp3) is 0.174. The van der Waals surface area contributed by atoms with Gasteiger partial charge in [0, 0.05) is 23.7 Å². The van der Waals surface area contributed by atoms with Gasteiger partial charge >= 0.3 is 0 Å². The minimum Gasteiger partial charge on any atom is -0.333 e. The van der Waals surface area contributed by atoms with Crippen LogP contribution in [0.2, 0.25) is 0 Å². The first-order valence-corrected chi connectivity index (χ1v) is 10.9. The van der Waals surface area contributed by atoms with E-state index in [4.69, 9.17) is 0 Å². The van der Waals surface area contributed by atoms with E-state index in [1.54, 1.807) is 49.5 Å². The van der Waals surface area contributed by atoms with Gasteiger partial charge in [0.15, 0.2) is 0 Å². The molecule has 0 spiro atoms. The smallest absolute Gasteiger partial charge is 0.264 e. The number of aromatic amines is 1. The molecule has 0 atom stereocenters. The maximum Gasteiger partial charge on any atom is 0.264 e. The van der Waals surface area contributed by atoms with Crippen molar-refractivity contribution in [3.05, 3.63) is 84.3 Å². The Bertz CT molecular complexity index is 1190. The SMILES string of the molecule is C/C=C(\C=C/CC#Cc1cc2cccnc2[nH]1)N(CCF)S(=O)(=O)c1ccccc1. The minimum absolute atomic E-state index is 0.124. The van der Waals surface area contributed by atoms with Gasteiger partial charge in [0.2, 0.25) is 0 Å². The van der Waals surface area contributed by atoms with Crippen LogP contribution in [0.25, 0.3) is 11.0 Å². The number of halogens is 1. The zero-order valence-electron chi connectivity index (χ0n) is 16.5. The van der Waals surface area contributed by atoms with Gasteiger partial charge in [-0.15, -0.1) is 0 Å². The molecule has 0 saturated heterocycles. The number of aromatic nitrogens is 2. The van der Waals surface area contributed by atoms with Crippen LogP contribution >= 0.6 is 0 Å². The molecule has 3 rings (SSSR count). The summed E-state index contributed by atoms with van der Waals surface area (Å²) >= 11 is 0. The Kier molecular flexibility index (Phi) is 7.04. The molecule has 3 aromatic rings. The number of benzene rings is 1. The van der Waals surface area contributed by atoms with Crippen molar-refractivity contribution < 1.29 is 12.8 Å². The molecule has 1 aromatic carbocycles. The number of nitrogens with zero attached hydrogens (tertiary/aromatic N) is 2. The number of pyridine rings is 1. The molecule has 7 heteroatoms. The van der Waals surface area contributed by atoms with Gasteiger partial charge in [0.05, 0.1) is 17.1 Å². The minimum atomic E-state index is -3.85. The van der Waals surface area contributed by atoms with Crippen LogP contribution in [0.4, 0.5) is 4.39 Å². The van der Waals surface area contributed by atoms with Crippen molar-refractivity contribution in [2.45, 2.75) is 18.2 Å². The Labute approximate surface area is 176 Å². The third-order valence-electron chi connectivity index (χ3n) is 4.33. The molecular weight excluding hydrogens is 401 g/mol. The maximum atomic E-state index is 13.1. The van der Waals surface area contributed by atoms with Crippen LogP contribution in [-0.2, 0) is 10.0 Å². The number of fused-ring (bicyclic) bond motifs is 1. The van der Waals surface area contributed by atoms with E-state index in [0.717, 1.165) is 21.0 Å². The van der Waals surface area contributed by atoms with Crippen molar-refractivity contribution in [3.8, 4) is 11.8 Å². The van der Waals surface area contributed by atoms with Crippen LogP contribution in [-0.4, -0.2) is 35.9 Å². The summed E-state index contributed by atoms with van der Waals surface area (Å²) in [7, 11) is -3.85. The Balaban J connectivity index is 1.73. The molecule has 0 amide bonds. The van der Waals surface area contributed by atoms with E-state index in [1.807, 2.05) is 18.2 Å². The first-order valence-electron chi connectivity index (χ1n) is 9.45. The highest BCUT2D eigenvalue weighted by Gasteiger charge is 2.24. The Morgan fingerprint density at radius 3 is 2.73 bits per heavy atom. The monoisotopic (exact) mass is 423 g/mol. The van der Waals surface area contributed by atoms with Crippen molar-refractivity contribution in [2.24, 2.45) is 0 Å². The largest absolute Gasteiger partial charge is 0.333 e. The second-order valence-corrected chi connectivity index (χ2v) is 8.19. The van der Waals surface area contributed by atoms with Gasteiger partial charge < -0.3 is 4.98 Å². The lowest BCUT2D eigenvalue weighted by Crippen LogP contribution is -2.31. The number of H-pyrrole nitrogens is 1.